The fourth-order valence-electron chi connectivity index (χ4n) is 6.97. The summed E-state index contributed by atoms with van der Waals surface area (Å²) in [6.07, 6.45) is 1.01. The second kappa shape index (κ2) is 5.47. The van der Waals surface area contributed by atoms with Crippen molar-refractivity contribution in [2.24, 2.45) is 0 Å². The Hall–Kier alpha value is -3.19. The van der Waals surface area contributed by atoms with Crippen molar-refractivity contribution in [1.29, 1.82) is 0 Å². The number of hydrogen-bond acceptors (Lipinski definition) is 4. The number of aliphatic hydroxyl groups excluding tert-OH is 1. The third-order valence-corrected chi connectivity index (χ3v) is 8.46. The van der Waals surface area contributed by atoms with Crippen LogP contribution in [0.5, 0.6) is 0 Å². The molecule has 164 valence electrons. The van der Waals surface area contributed by atoms with Crippen molar-refractivity contribution in [3.63, 3.8) is 0 Å². The van der Waals surface area contributed by atoms with Crippen LogP contribution >= 0.6 is 0 Å². The molecule has 2 bridgehead atoms. The van der Waals surface area contributed by atoms with Crippen LogP contribution in [-0.4, -0.2) is 37.3 Å². The van der Waals surface area contributed by atoms with Gasteiger partial charge in [-0.25, -0.2) is 0 Å². The van der Waals surface area contributed by atoms with Gasteiger partial charge in [-0.1, -0.05) is 36.4 Å². The molecule has 8 rings (SSSR count). The van der Waals surface area contributed by atoms with Crippen LogP contribution in [0.25, 0.3) is 43.6 Å². The minimum absolute atomic E-state index is 0.194. The summed E-state index contributed by atoms with van der Waals surface area (Å²) >= 11 is 0. The summed E-state index contributed by atoms with van der Waals surface area (Å²) in [4.78, 5) is 13.3. The Morgan fingerprint density at radius 3 is 2.45 bits per heavy atom. The smallest absolute Gasteiger partial charge is 0.176 e. The lowest BCUT2D eigenvalue weighted by molar-refractivity contribution is -0.189. The highest BCUT2D eigenvalue weighted by Gasteiger charge is 2.60. The number of carbonyl (C=O) groups excluding carboxylic acids is 1. The number of carbonyl (C=O) groups is 1. The number of aryl methyl sites for hydroxylation is 1. The molecule has 1 aliphatic carbocycles. The van der Waals surface area contributed by atoms with Crippen LogP contribution in [0.4, 0.5) is 0 Å². The highest BCUT2D eigenvalue weighted by Crippen LogP contribution is 2.57. The predicted octanol–water partition coefficient (Wildman–Crippen LogP) is 4.36. The molecule has 6 heteroatoms. The van der Waals surface area contributed by atoms with E-state index in [-0.39, 0.29) is 12.2 Å². The molecule has 0 amide bonds. The van der Waals surface area contributed by atoms with Crippen LogP contribution in [-0.2, 0) is 16.9 Å². The van der Waals surface area contributed by atoms with Crippen LogP contribution < -0.4 is 0 Å². The molecule has 5 aromatic rings. The second-order valence-corrected chi connectivity index (χ2v) is 9.91. The van der Waals surface area contributed by atoms with Crippen molar-refractivity contribution < 1.29 is 19.7 Å². The molecule has 1 saturated heterocycles. The van der Waals surface area contributed by atoms with Crippen molar-refractivity contribution in [2.75, 3.05) is 6.61 Å². The molecule has 6 nitrogen and oxygen atoms in total. The van der Waals surface area contributed by atoms with Gasteiger partial charge in [0.1, 0.15) is 11.8 Å². The second-order valence-electron chi connectivity index (χ2n) is 9.91. The number of benzene rings is 3. The maximum atomic E-state index is 13.3. The first kappa shape index (κ1) is 18.3. The maximum absolute atomic E-state index is 13.3. The van der Waals surface area contributed by atoms with Crippen molar-refractivity contribution in [3.8, 4) is 0 Å². The number of hydrogen-bond donors (Lipinski definition) is 2. The largest absolute Gasteiger partial charge is 0.393 e. The summed E-state index contributed by atoms with van der Waals surface area (Å²) in [5, 5.41) is 26.3. The molecule has 4 heterocycles. The number of rotatable bonds is 1. The molecule has 1 fully saturated rings. The van der Waals surface area contributed by atoms with Gasteiger partial charge in [-0.3, -0.25) is 4.79 Å². The van der Waals surface area contributed by atoms with Crippen LogP contribution in [0, 0.1) is 0 Å². The lowest BCUT2D eigenvalue weighted by Crippen LogP contribution is -2.53. The van der Waals surface area contributed by atoms with Gasteiger partial charge in [0.15, 0.2) is 11.5 Å². The zero-order valence-corrected chi connectivity index (χ0v) is 18.1. The van der Waals surface area contributed by atoms with Gasteiger partial charge in [0.25, 0.3) is 0 Å². The Balaban J connectivity index is 1.78. The number of ketones is 1. The van der Waals surface area contributed by atoms with E-state index in [1.807, 2.05) is 37.3 Å². The van der Waals surface area contributed by atoms with Crippen molar-refractivity contribution >= 4 is 49.4 Å². The van der Waals surface area contributed by atoms with E-state index in [9.17, 15) is 15.0 Å². The lowest BCUT2D eigenvalue weighted by Gasteiger charge is -2.38. The van der Waals surface area contributed by atoms with Crippen LogP contribution in [0.2, 0.25) is 0 Å². The van der Waals surface area contributed by atoms with Crippen LogP contribution in [0.1, 0.15) is 41.9 Å². The zero-order valence-electron chi connectivity index (χ0n) is 18.1. The summed E-state index contributed by atoms with van der Waals surface area (Å²) in [5.74, 6) is 0.194. The van der Waals surface area contributed by atoms with Gasteiger partial charge in [-0.15, -0.1) is 0 Å². The quantitative estimate of drug-likeness (QED) is 0.408. The Morgan fingerprint density at radius 1 is 1.00 bits per heavy atom. The lowest BCUT2D eigenvalue weighted by atomic mass is 9.89. The summed E-state index contributed by atoms with van der Waals surface area (Å²) in [6.45, 7) is 1.48. The molecule has 1 unspecified atom stereocenters. The minimum Gasteiger partial charge on any atom is -0.393 e. The standard InChI is InChI=1S/C27H22N2O4/c1-26-27(32,13-30)12-20(33-26)28-17-8-4-2-6-14(17)23-22-16(10-11-19(22)31)21-15-7-3-5-9-18(15)29(26)25(21)24(23)28/h2-9,20,30,32H,10-13H2,1H3/t20?,26-,27-/m0/s1. The van der Waals surface area contributed by atoms with E-state index in [0.717, 1.165) is 54.7 Å². The summed E-state index contributed by atoms with van der Waals surface area (Å²) < 4.78 is 11.0. The first-order chi connectivity index (χ1) is 16.0. The minimum atomic E-state index is -1.46. The Kier molecular flexibility index (Phi) is 3.03. The Morgan fingerprint density at radius 2 is 1.70 bits per heavy atom. The molecule has 0 spiro atoms. The third-order valence-electron chi connectivity index (χ3n) is 8.46. The number of ether oxygens (including phenoxy) is 1. The molecule has 0 saturated carbocycles. The number of fused-ring (bicyclic) bond motifs is 13. The topological polar surface area (TPSA) is 76.6 Å². The van der Waals surface area contributed by atoms with Crippen molar-refractivity contribution in [3.05, 3.63) is 59.7 Å². The van der Waals surface area contributed by atoms with E-state index < -0.39 is 24.2 Å². The number of nitrogens with zero attached hydrogens (tertiary/aromatic N) is 2. The summed E-state index contributed by atoms with van der Waals surface area (Å²) in [7, 11) is 0. The van der Waals surface area contributed by atoms with E-state index in [1.165, 1.54) is 0 Å². The first-order valence-electron chi connectivity index (χ1n) is 11.5. The Bertz CT molecular complexity index is 1730. The number of para-hydroxylation sites is 2. The molecule has 2 aromatic heterocycles. The van der Waals surface area contributed by atoms with E-state index in [2.05, 4.69) is 27.3 Å². The van der Waals surface area contributed by atoms with E-state index in [0.29, 0.717) is 12.8 Å². The van der Waals surface area contributed by atoms with Crippen LogP contribution in [0.3, 0.4) is 0 Å². The van der Waals surface area contributed by atoms with E-state index in [1.54, 1.807) is 0 Å². The molecule has 3 aliphatic rings. The number of aliphatic hydroxyl groups is 2. The predicted molar refractivity (Wildman–Crippen MR) is 126 cm³/mol. The molecular weight excluding hydrogens is 416 g/mol. The normalized spacial score (nSPS) is 28.1. The number of Topliss-reactive ketones (excluding diaryl/α,β-unsaturated/α-hetero) is 1. The molecule has 2 aliphatic heterocycles. The van der Waals surface area contributed by atoms with Gasteiger partial charge in [0.05, 0.1) is 28.7 Å². The van der Waals surface area contributed by atoms with Crippen LogP contribution in [0.15, 0.2) is 48.5 Å². The van der Waals surface area contributed by atoms with E-state index >= 15 is 0 Å². The molecule has 3 atom stereocenters. The monoisotopic (exact) mass is 438 g/mol. The average molecular weight is 438 g/mol. The molecular formula is C27H22N2O4. The fourth-order valence-corrected chi connectivity index (χ4v) is 6.97. The SMILES string of the molecule is C[C@]12OC(C[C@]1(O)CO)n1c3ccccc3c3c4c(c5c6ccccc6n2c5c31)CCC4=O. The van der Waals surface area contributed by atoms with Gasteiger partial charge in [0.2, 0.25) is 0 Å². The van der Waals surface area contributed by atoms with Gasteiger partial charge >= 0.3 is 0 Å². The summed E-state index contributed by atoms with van der Waals surface area (Å²) in [6, 6.07) is 16.3. The molecule has 0 radical (unpaired) electrons. The highest BCUT2D eigenvalue weighted by molar-refractivity contribution is 6.31. The third kappa shape index (κ3) is 1.78. The summed E-state index contributed by atoms with van der Waals surface area (Å²) in [5.41, 5.74) is 3.20. The van der Waals surface area contributed by atoms with Gasteiger partial charge < -0.3 is 24.1 Å². The van der Waals surface area contributed by atoms with Gasteiger partial charge in [-0.2, -0.15) is 0 Å². The first-order valence-corrected chi connectivity index (χ1v) is 11.5. The molecule has 2 N–H and O–H groups in total. The highest BCUT2D eigenvalue weighted by atomic mass is 16.6. The Labute approximate surface area is 188 Å². The molecule has 3 aromatic carbocycles. The maximum Gasteiger partial charge on any atom is 0.176 e. The van der Waals surface area contributed by atoms with Gasteiger partial charge in [-0.05, 0) is 31.0 Å². The molecule has 33 heavy (non-hydrogen) atoms. The van der Waals surface area contributed by atoms with Crippen molar-refractivity contribution in [2.45, 2.75) is 43.7 Å². The zero-order chi connectivity index (χ0) is 22.3. The van der Waals surface area contributed by atoms with Crippen molar-refractivity contribution in [1.82, 2.24) is 9.13 Å². The fraction of sp³-hybridized carbons (Fsp3) is 0.296. The van der Waals surface area contributed by atoms with E-state index in [4.69, 9.17) is 4.74 Å². The number of aromatic nitrogens is 2. The van der Waals surface area contributed by atoms with Gasteiger partial charge in [0, 0.05) is 39.9 Å². The average Bonchev–Trinajstić information content (AvgIpc) is 3.51.